The summed E-state index contributed by atoms with van der Waals surface area (Å²) in [6.45, 7) is 2.83. The molecule has 0 bridgehead atoms. The number of sulfonamides is 1. The number of aryl methyl sites for hydroxylation is 1. The van der Waals surface area contributed by atoms with Gasteiger partial charge in [0, 0.05) is 24.8 Å². The summed E-state index contributed by atoms with van der Waals surface area (Å²) in [6.07, 6.45) is 2.40. The van der Waals surface area contributed by atoms with Gasteiger partial charge >= 0.3 is 0 Å². The van der Waals surface area contributed by atoms with Crippen LogP contribution >= 0.6 is 11.6 Å². The second-order valence-electron chi connectivity index (χ2n) is 5.25. The highest BCUT2D eigenvalue weighted by Crippen LogP contribution is 2.27. The molecule has 0 aliphatic heterocycles. The molecule has 112 valence electrons. The number of benzene rings is 1. The Kier molecular flexibility index (Phi) is 4.59. The number of hydrogen-bond donors (Lipinski definition) is 2. The molecule has 0 spiro atoms. The van der Waals surface area contributed by atoms with E-state index in [4.69, 9.17) is 17.3 Å². The van der Waals surface area contributed by atoms with Crippen LogP contribution < -0.4 is 10.5 Å². The molecule has 1 aliphatic rings. The summed E-state index contributed by atoms with van der Waals surface area (Å²) in [6, 6.07) is 3.59. The Labute approximate surface area is 125 Å². The van der Waals surface area contributed by atoms with Crippen LogP contribution in [0.25, 0.3) is 0 Å². The minimum Gasteiger partial charge on any atom is -0.398 e. The predicted octanol–water partition coefficient (Wildman–Crippen LogP) is 1.60. The van der Waals surface area contributed by atoms with E-state index in [-0.39, 0.29) is 9.92 Å². The van der Waals surface area contributed by atoms with Crippen LogP contribution in [-0.4, -0.2) is 39.5 Å². The highest BCUT2D eigenvalue weighted by Gasteiger charge is 2.26. The quantitative estimate of drug-likeness (QED) is 0.782. The normalized spacial score (nSPS) is 15.8. The molecule has 2 rings (SSSR count). The van der Waals surface area contributed by atoms with Crippen LogP contribution in [0.4, 0.5) is 5.69 Å². The third kappa shape index (κ3) is 3.63. The fourth-order valence-corrected chi connectivity index (χ4v) is 3.64. The lowest BCUT2D eigenvalue weighted by Crippen LogP contribution is -2.34. The summed E-state index contributed by atoms with van der Waals surface area (Å²) in [5, 5.41) is 0.194. The second kappa shape index (κ2) is 5.89. The van der Waals surface area contributed by atoms with E-state index in [0.717, 1.165) is 5.56 Å². The van der Waals surface area contributed by atoms with Crippen molar-refractivity contribution in [2.45, 2.75) is 30.7 Å². The Bertz CT molecular complexity index is 600. The molecular formula is C13H20ClN3O2S. The third-order valence-corrected chi connectivity index (χ3v) is 5.46. The summed E-state index contributed by atoms with van der Waals surface area (Å²) in [7, 11) is -1.62. The molecule has 20 heavy (non-hydrogen) atoms. The number of anilines is 1. The van der Waals surface area contributed by atoms with E-state index in [1.165, 1.54) is 18.9 Å². The minimum absolute atomic E-state index is 0.0383. The van der Waals surface area contributed by atoms with Crippen molar-refractivity contribution in [2.24, 2.45) is 0 Å². The van der Waals surface area contributed by atoms with Crippen LogP contribution in [0.5, 0.6) is 0 Å². The molecule has 1 aliphatic carbocycles. The molecular weight excluding hydrogens is 298 g/mol. The van der Waals surface area contributed by atoms with Crippen molar-refractivity contribution in [2.75, 3.05) is 25.9 Å². The molecule has 1 fully saturated rings. The number of rotatable bonds is 6. The predicted molar refractivity (Wildman–Crippen MR) is 81.4 cm³/mol. The van der Waals surface area contributed by atoms with E-state index >= 15 is 0 Å². The number of nitrogen functional groups attached to an aromatic ring is 1. The molecule has 1 saturated carbocycles. The van der Waals surface area contributed by atoms with Crippen LogP contribution in [0.1, 0.15) is 18.4 Å². The van der Waals surface area contributed by atoms with E-state index in [9.17, 15) is 8.42 Å². The van der Waals surface area contributed by atoms with Gasteiger partial charge in [-0.15, -0.1) is 0 Å². The zero-order valence-electron chi connectivity index (χ0n) is 11.7. The molecule has 7 heteroatoms. The van der Waals surface area contributed by atoms with Gasteiger partial charge in [-0.3, -0.25) is 0 Å². The van der Waals surface area contributed by atoms with Crippen LogP contribution in [0.3, 0.4) is 0 Å². The Balaban J connectivity index is 2.04. The average Bonchev–Trinajstić information content (AvgIpc) is 3.17. The van der Waals surface area contributed by atoms with Crippen LogP contribution in [-0.2, 0) is 10.0 Å². The first-order valence-corrected chi connectivity index (χ1v) is 8.43. The molecule has 0 heterocycles. The second-order valence-corrected chi connectivity index (χ2v) is 7.39. The van der Waals surface area contributed by atoms with E-state index < -0.39 is 10.0 Å². The molecule has 3 N–H and O–H groups in total. The maximum absolute atomic E-state index is 12.2. The van der Waals surface area contributed by atoms with Gasteiger partial charge in [0.05, 0.1) is 5.02 Å². The molecule has 1 aromatic rings. The van der Waals surface area contributed by atoms with Crippen molar-refractivity contribution in [3.63, 3.8) is 0 Å². The van der Waals surface area contributed by atoms with E-state index in [1.54, 1.807) is 13.0 Å². The number of nitrogens with two attached hydrogens (primary N) is 1. The molecule has 0 aromatic heterocycles. The maximum Gasteiger partial charge on any atom is 0.242 e. The Hall–Kier alpha value is -0.820. The van der Waals surface area contributed by atoms with Crippen molar-refractivity contribution in [3.8, 4) is 0 Å². The van der Waals surface area contributed by atoms with E-state index in [0.29, 0.717) is 24.8 Å². The Morgan fingerprint density at radius 3 is 2.70 bits per heavy atom. The van der Waals surface area contributed by atoms with Crippen molar-refractivity contribution in [3.05, 3.63) is 22.7 Å². The number of likely N-dealkylation sites (N-methyl/N-ethyl adjacent to an activating group) is 1. The standard InChI is InChI=1S/C13H20ClN3O2S/c1-9-7-11(14)13(8-12(9)15)20(18,19)16-5-6-17(2)10-3-4-10/h7-8,10,16H,3-6,15H2,1-2H3. The molecule has 1 aromatic carbocycles. The highest BCUT2D eigenvalue weighted by molar-refractivity contribution is 7.89. The zero-order chi connectivity index (χ0) is 14.9. The minimum atomic E-state index is -3.62. The van der Waals surface area contributed by atoms with Gasteiger partial charge in [-0.05, 0) is 44.5 Å². The summed E-state index contributed by atoms with van der Waals surface area (Å²) < 4.78 is 27.0. The van der Waals surface area contributed by atoms with Gasteiger partial charge in [-0.1, -0.05) is 11.6 Å². The van der Waals surface area contributed by atoms with Gasteiger partial charge in [0.15, 0.2) is 0 Å². The van der Waals surface area contributed by atoms with E-state index in [2.05, 4.69) is 9.62 Å². The van der Waals surface area contributed by atoms with Crippen molar-refractivity contribution in [1.29, 1.82) is 0 Å². The largest absolute Gasteiger partial charge is 0.398 e. The van der Waals surface area contributed by atoms with Crippen LogP contribution in [0.2, 0.25) is 5.02 Å². The zero-order valence-corrected chi connectivity index (χ0v) is 13.3. The molecule has 5 nitrogen and oxygen atoms in total. The van der Waals surface area contributed by atoms with Crippen LogP contribution in [0.15, 0.2) is 17.0 Å². The van der Waals surface area contributed by atoms with Crippen LogP contribution in [0, 0.1) is 6.92 Å². The smallest absolute Gasteiger partial charge is 0.242 e. The van der Waals surface area contributed by atoms with Crippen molar-refractivity contribution in [1.82, 2.24) is 9.62 Å². The highest BCUT2D eigenvalue weighted by atomic mass is 35.5. The summed E-state index contributed by atoms with van der Waals surface area (Å²) in [4.78, 5) is 2.20. The summed E-state index contributed by atoms with van der Waals surface area (Å²) in [5.41, 5.74) is 6.94. The number of hydrogen-bond acceptors (Lipinski definition) is 4. The summed E-state index contributed by atoms with van der Waals surface area (Å²) >= 11 is 6.00. The van der Waals surface area contributed by atoms with Crippen molar-refractivity contribution >= 4 is 27.3 Å². The number of nitrogens with zero attached hydrogens (tertiary/aromatic N) is 1. The van der Waals surface area contributed by atoms with Gasteiger partial charge in [-0.25, -0.2) is 13.1 Å². The maximum atomic E-state index is 12.2. The molecule has 0 atom stereocenters. The first kappa shape index (κ1) is 15.6. The molecule has 0 unspecified atom stereocenters. The molecule has 0 saturated heterocycles. The van der Waals surface area contributed by atoms with Gasteiger partial charge < -0.3 is 10.6 Å². The number of halogens is 1. The lowest BCUT2D eigenvalue weighted by Gasteiger charge is -2.16. The summed E-state index contributed by atoms with van der Waals surface area (Å²) in [5.74, 6) is 0. The topological polar surface area (TPSA) is 75.4 Å². The van der Waals surface area contributed by atoms with Gasteiger partial charge in [0.2, 0.25) is 10.0 Å². The van der Waals surface area contributed by atoms with Gasteiger partial charge in [0.25, 0.3) is 0 Å². The SMILES string of the molecule is Cc1cc(Cl)c(S(=O)(=O)NCCN(C)C2CC2)cc1N. The van der Waals surface area contributed by atoms with Gasteiger partial charge in [-0.2, -0.15) is 0 Å². The fraction of sp³-hybridized carbons (Fsp3) is 0.538. The van der Waals surface area contributed by atoms with Crippen molar-refractivity contribution < 1.29 is 8.42 Å². The third-order valence-electron chi connectivity index (χ3n) is 3.54. The average molecular weight is 318 g/mol. The molecule has 0 amide bonds. The Morgan fingerprint density at radius 2 is 2.10 bits per heavy atom. The fourth-order valence-electron chi connectivity index (χ4n) is 2.01. The first-order valence-electron chi connectivity index (χ1n) is 6.57. The van der Waals surface area contributed by atoms with E-state index in [1.807, 2.05) is 7.05 Å². The Morgan fingerprint density at radius 1 is 1.45 bits per heavy atom. The van der Waals surface area contributed by atoms with Gasteiger partial charge in [0.1, 0.15) is 4.90 Å². The monoisotopic (exact) mass is 317 g/mol. The lowest BCUT2D eigenvalue weighted by atomic mass is 10.2. The molecule has 0 radical (unpaired) electrons. The lowest BCUT2D eigenvalue weighted by molar-refractivity contribution is 0.329. The first-order chi connectivity index (χ1) is 9.31. The number of nitrogens with one attached hydrogen (secondary N) is 1.